The number of hydrogen-bond donors (Lipinski definition) is 0. The summed E-state index contributed by atoms with van der Waals surface area (Å²) in [5.41, 5.74) is 7.03. The monoisotopic (exact) mass is 373 g/mol. The van der Waals surface area contributed by atoms with Gasteiger partial charge in [-0.05, 0) is 47.1 Å². The molecule has 3 aromatic rings. The lowest BCUT2D eigenvalue weighted by Gasteiger charge is -1.90. The molecule has 0 saturated heterocycles. The molecule has 152 valence electrons. The Labute approximate surface area is 166 Å². The van der Waals surface area contributed by atoms with E-state index in [2.05, 4.69) is 48.2 Å². The molecule has 0 atom stereocenters. The lowest BCUT2D eigenvalue weighted by molar-refractivity contribution is 0.646. The van der Waals surface area contributed by atoms with Crippen molar-refractivity contribution in [1.82, 2.24) is 24.8 Å². The second-order valence-electron chi connectivity index (χ2n) is 5.93. The Morgan fingerprint density at radius 2 is 1.11 bits per heavy atom. The van der Waals surface area contributed by atoms with Crippen LogP contribution < -0.4 is 0 Å². The van der Waals surface area contributed by atoms with Crippen molar-refractivity contribution in [3.8, 4) is 0 Å². The molecule has 0 radical (unpaired) electrons. The zero-order valence-corrected chi connectivity index (χ0v) is 18.1. The highest BCUT2D eigenvalue weighted by atomic mass is 15.5. The van der Waals surface area contributed by atoms with Gasteiger partial charge in [-0.3, -0.25) is 4.68 Å². The van der Waals surface area contributed by atoms with Gasteiger partial charge in [-0.2, -0.15) is 20.1 Å². The second-order valence-corrected chi connectivity index (χ2v) is 5.93. The van der Waals surface area contributed by atoms with Gasteiger partial charge in [0.25, 0.3) is 0 Å². The summed E-state index contributed by atoms with van der Waals surface area (Å²) in [6.07, 6.45) is 0. The van der Waals surface area contributed by atoms with Crippen molar-refractivity contribution in [2.24, 2.45) is 14.1 Å². The van der Waals surface area contributed by atoms with Gasteiger partial charge in [-0.15, -0.1) is 0 Å². The van der Waals surface area contributed by atoms with E-state index in [1.807, 2.05) is 71.6 Å². The Morgan fingerprint density at radius 3 is 1.26 bits per heavy atom. The first-order valence-electron chi connectivity index (χ1n) is 9.05. The third kappa shape index (κ3) is 9.73. The molecule has 0 spiro atoms. The lowest BCUT2D eigenvalue weighted by Crippen LogP contribution is -1.92. The van der Waals surface area contributed by atoms with Crippen LogP contribution >= 0.6 is 0 Å². The van der Waals surface area contributed by atoms with Crippen LogP contribution in [0.3, 0.4) is 0 Å². The fraction of sp³-hybridized carbons (Fsp3) is 0.500. The number of aryl methyl sites for hydroxylation is 6. The molecule has 0 saturated carbocycles. The summed E-state index contributed by atoms with van der Waals surface area (Å²) >= 11 is 0. The summed E-state index contributed by atoms with van der Waals surface area (Å²) in [5.74, 6) is 0. The highest BCUT2D eigenvalue weighted by Gasteiger charge is 2.01. The molecular formula is C22H39N5. The van der Waals surface area contributed by atoms with E-state index in [0.29, 0.717) is 0 Å². The molecule has 0 aliphatic carbocycles. The average molecular weight is 374 g/mol. The van der Waals surface area contributed by atoms with Gasteiger partial charge in [0.05, 0.1) is 17.1 Å². The summed E-state index contributed by atoms with van der Waals surface area (Å²) < 4.78 is 1.91. The molecule has 5 nitrogen and oxygen atoms in total. The molecule has 2 heterocycles. The normalized spacial score (nSPS) is 8.81. The van der Waals surface area contributed by atoms with E-state index >= 15 is 0 Å². The van der Waals surface area contributed by atoms with Gasteiger partial charge in [0.15, 0.2) is 0 Å². The number of nitrogens with zero attached hydrogens (tertiary/aromatic N) is 5. The first kappa shape index (κ1) is 26.8. The van der Waals surface area contributed by atoms with Crippen LogP contribution in [0.25, 0.3) is 0 Å². The van der Waals surface area contributed by atoms with Crippen molar-refractivity contribution in [3.05, 3.63) is 64.2 Å². The van der Waals surface area contributed by atoms with Crippen molar-refractivity contribution in [3.63, 3.8) is 0 Å². The van der Waals surface area contributed by atoms with E-state index in [0.717, 1.165) is 17.1 Å². The van der Waals surface area contributed by atoms with Crippen molar-refractivity contribution in [2.75, 3.05) is 0 Å². The molecule has 0 unspecified atom stereocenters. The molecular weight excluding hydrogens is 334 g/mol. The maximum Gasteiger partial charge on any atom is 0.0825 e. The number of rotatable bonds is 0. The number of hydrogen-bond acceptors (Lipinski definition) is 3. The molecule has 0 amide bonds. The van der Waals surface area contributed by atoms with Crippen molar-refractivity contribution >= 4 is 0 Å². The molecule has 3 rings (SSSR count). The van der Waals surface area contributed by atoms with Crippen molar-refractivity contribution in [1.29, 1.82) is 0 Å². The molecule has 5 heteroatoms. The molecule has 0 bridgehead atoms. The minimum Gasteiger partial charge on any atom is -0.272 e. The quantitative estimate of drug-likeness (QED) is 0.527. The van der Waals surface area contributed by atoms with Crippen molar-refractivity contribution < 1.29 is 0 Å². The predicted molar refractivity (Wildman–Crippen MR) is 117 cm³/mol. The van der Waals surface area contributed by atoms with Crippen LogP contribution in [0.4, 0.5) is 0 Å². The number of aromatic nitrogens is 5. The second kappa shape index (κ2) is 13.7. The van der Waals surface area contributed by atoms with E-state index in [4.69, 9.17) is 0 Å². The smallest absolute Gasteiger partial charge is 0.0825 e. The van der Waals surface area contributed by atoms with Crippen LogP contribution in [0.5, 0.6) is 0 Å². The standard InChI is InChI=1S/C7H12N2.C7H8.C5H9N3.C2H6.CH4/c1-5-6(2)8-9(4)7(5)3;1-7-5-3-2-4-6-7;1-4-5(2)7-8(3)6-4;1-2;/h1-4H3;2-6H,1H3;1-3H3;1-2H3;1H4. The summed E-state index contributed by atoms with van der Waals surface area (Å²) in [7, 11) is 3.79. The summed E-state index contributed by atoms with van der Waals surface area (Å²) in [6, 6.07) is 10.3. The zero-order valence-electron chi connectivity index (χ0n) is 18.1. The van der Waals surface area contributed by atoms with Gasteiger partial charge in [0.2, 0.25) is 0 Å². The predicted octanol–water partition coefficient (Wildman–Crippen LogP) is 5.43. The topological polar surface area (TPSA) is 48.5 Å². The van der Waals surface area contributed by atoms with E-state index < -0.39 is 0 Å². The molecule has 0 aliphatic rings. The van der Waals surface area contributed by atoms with Gasteiger partial charge >= 0.3 is 0 Å². The molecule has 2 aromatic heterocycles. The Balaban J connectivity index is 0. The Bertz CT molecular complexity index is 713. The molecule has 0 N–H and O–H groups in total. The average Bonchev–Trinajstić information content (AvgIpc) is 3.03. The van der Waals surface area contributed by atoms with Crippen LogP contribution in [-0.4, -0.2) is 24.8 Å². The van der Waals surface area contributed by atoms with Crippen LogP contribution in [0, 0.1) is 41.5 Å². The molecule has 0 aliphatic heterocycles. The molecule has 0 fully saturated rings. The van der Waals surface area contributed by atoms with E-state index in [-0.39, 0.29) is 7.43 Å². The number of benzene rings is 1. The van der Waals surface area contributed by atoms with Crippen LogP contribution in [0.2, 0.25) is 0 Å². The van der Waals surface area contributed by atoms with Gasteiger partial charge in [0.1, 0.15) is 0 Å². The summed E-state index contributed by atoms with van der Waals surface area (Å²) in [6.45, 7) is 16.2. The summed E-state index contributed by atoms with van der Waals surface area (Å²) in [5, 5.41) is 12.3. The maximum atomic E-state index is 4.23. The van der Waals surface area contributed by atoms with Gasteiger partial charge in [-0.25, -0.2) is 0 Å². The fourth-order valence-electron chi connectivity index (χ4n) is 2.02. The van der Waals surface area contributed by atoms with Crippen LogP contribution in [0.15, 0.2) is 30.3 Å². The zero-order chi connectivity index (χ0) is 20.3. The highest BCUT2D eigenvalue weighted by molar-refractivity contribution is 5.21. The SMILES string of the molecule is C.CC.Cc1ccccc1.Cc1nn(C)c(C)c1C.Cc1nn(C)nc1C. The first-order valence-corrected chi connectivity index (χ1v) is 9.05. The van der Waals surface area contributed by atoms with Crippen LogP contribution in [0.1, 0.15) is 55.2 Å². The van der Waals surface area contributed by atoms with Gasteiger partial charge < -0.3 is 0 Å². The third-order valence-electron chi connectivity index (χ3n) is 3.92. The highest BCUT2D eigenvalue weighted by Crippen LogP contribution is 2.08. The third-order valence-corrected chi connectivity index (χ3v) is 3.92. The lowest BCUT2D eigenvalue weighted by atomic mass is 10.2. The molecule has 27 heavy (non-hydrogen) atoms. The van der Waals surface area contributed by atoms with Gasteiger partial charge in [-0.1, -0.05) is 57.2 Å². The van der Waals surface area contributed by atoms with E-state index in [9.17, 15) is 0 Å². The van der Waals surface area contributed by atoms with E-state index in [1.165, 1.54) is 16.8 Å². The van der Waals surface area contributed by atoms with E-state index in [1.54, 1.807) is 4.80 Å². The Hall–Kier alpha value is -2.43. The first-order chi connectivity index (χ1) is 12.2. The van der Waals surface area contributed by atoms with Gasteiger partial charge in [0, 0.05) is 19.8 Å². The minimum absolute atomic E-state index is 0. The largest absolute Gasteiger partial charge is 0.272 e. The minimum atomic E-state index is 0. The Morgan fingerprint density at radius 1 is 0.667 bits per heavy atom. The summed E-state index contributed by atoms with van der Waals surface area (Å²) in [4.78, 5) is 1.57. The van der Waals surface area contributed by atoms with Crippen LogP contribution in [-0.2, 0) is 14.1 Å². The maximum absolute atomic E-state index is 4.23. The van der Waals surface area contributed by atoms with Crippen molar-refractivity contribution in [2.45, 2.75) is 62.8 Å². The molecule has 1 aromatic carbocycles. The fourth-order valence-corrected chi connectivity index (χ4v) is 2.02. The Kier molecular flexibility index (Phi) is 13.6.